The van der Waals surface area contributed by atoms with E-state index in [0.717, 1.165) is 6.26 Å². The lowest BCUT2D eigenvalue weighted by atomic mass is 10.5. The van der Waals surface area contributed by atoms with Gasteiger partial charge in [-0.2, -0.15) is 0 Å². The van der Waals surface area contributed by atoms with Gasteiger partial charge in [-0.1, -0.05) is 23.2 Å². The zero-order valence-corrected chi connectivity index (χ0v) is 8.35. The number of rotatable bonds is 1. The number of morpholine rings is 1. The first-order valence-corrected chi connectivity index (χ1v) is 4.50. The van der Waals surface area contributed by atoms with Gasteiger partial charge in [-0.25, -0.2) is 4.79 Å². The van der Waals surface area contributed by atoms with Crippen molar-refractivity contribution in [1.82, 2.24) is 4.90 Å². The summed E-state index contributed by atoms with van der Waals surface area (Å²) in [6.45, 7) is 2.14. The van der Waals surface area contributed by atoms with Gasteiger partial charge in [0, 0.05) is 13.1 Å². The first-order valence-electron chi connectivity index (χ1n) is 3.74. The second-order valence-corrected chi connectivity index (χ2v) is 3.40. The van der Waals surface area contributed by atoms with Crippen LogP contribution in [0.1, 0.15) is 0 Å². The molecule has 1 aliphatic heterocycles. The van der Waals surface area contributed by atoms with E-state index >= 15 is 0 Å². The molecule has 0 saturated carbocycles. The molecule has 4 nitrogen and oxygen atoms in total. The molecule has 0 aromatic carbocycles. The smallest absolute Gasteiger partial charge is 0.414 e. The van der Waals surface area contributed by atoms with Crippen LogP contribution < -0.4 is 0 Å². The number of hydrogen-bond acceptors (Lipinski definition) is 3. The number of nitrogens with zero attached hydrogens (tertiary/aromatic N) is 1. The maximum absolute atomic E-state index is 11.2. The van der Waals surface area contributed by atoms with Crippen LogP contribution >= 0.6 is 23.2 Å². The lowest BCUT2D eigenvalue weighted by molar-refractivity contribution is 0.0373. The highest BCUT2D eigenvalue weighted by atomic mass is 35.5. The molecule has 1 aliphatic rings. The van der Waals surface area contributed by atoms with E-state index < -0.39 is 6.09 Å². The monoisotopic (exact) mass is 225 g/mol. The van der Waals surface area contributed by atoms with Crippen molar-refractivity contribution >= 4 is 29.3 Å². The van der Waals surface area contributed by atoms with E-state index in [1.54, 1.807) is 0 Å². The molecule has 13 heavy (non-hydrogen) atoms. The minimum atomic E-state index is -0.456. The average molecular weight is 226 g/mol. The Bertz CT molecular complexity index is 210. The first-order chi connectivity index (χ1) is 6.20. The zero-order chi connectivity index (χ0) is 9.68. The number of amides is 1. The van der Waals surface area contributed by atoms with E-state index in [4.69, 9.17) is 27.9 Å². The highest BCUT2D eigenvalue weighted by Gasteiger charge is 2.17. The molecule has 0 atom stereocenters. The normalized spacial score (nSPS) is 16.6. The Balaban J connectivity index is 2.33. The molecule has 74 valence electrons. The summed E-state index contributed by atoms with van der Waals surface area (Å²) in [6, 6.07) is 0. The minimum absolute atomic E-state index is 0.0818. The van der Waals surface area contributed by atoms with Crippen LogP contribution in [0.2, 0.25) is 0 Å². The maximum atomic E-state index is 11.2. The summed E-state index contributed by atoms with van der Waals surface area (Å²) in [6.07, 6.45) is 0.545. The van der Waals surface area contributed by atoms with Gasteiger partial charge in [-0.3, -0.25) is 0 Å². The molecule has 1 heterocycles. The fourth-order valence-corrected chi connectivity index (χ4v) is 1.00. The summed E-state index contributed by atoms with van der Waals surface area (Å²) in [5, 5.41) is 0. The van der Waals surface area contributed by atoms with Crippen LogP contribution in [0, 0.1) is 0 Å². The van der Waals surface area contributed by atoms with Crippen LogP contribution in [-0.4, -0.2) is 37.3 Å². The SMILES string of the molecule is O=C(OC=C(Cl)Cl)N1CCOCC1. The quantitative estimate of drug-likeness (QED) is 0.639. The van der Waals surface area contributed by atoms with Gasteiger partial charge < -0.3 is 14.4 Å². The molecule has 0 N–H and O–H groups in total. The van der Waals surface area contributed by atoms with Gasteiger partial charge in [0.05, 0.1) is 13.2 Å². The first kappa shape index (κ1) is 10.6. The standard InChI is InChI=1S/C7H9Cl2NO3/c8-6(9)5-13-7(11)10-1-3-12-4-2-10/h5H,1-4H2. The van der Waals surface area contributed by atoms with Crippen LogP contribution in [0.4, 0.5) is 4.79 Å². The molecule has 1 amide bonds. The van der Waals surface area contributed by atoms with Gasteiger partial charge >= 0.3 is 6.09 Å². The summed E-state index contributed by atoms with van der Waals surface area (Å²) in [4.78, 5) is 12.7. The predicted molar refractivity (Wildman–Crippen MR) is 48.7 cm³/mol. The Hall–Kier alpha value is -0.450. The number of ether oxygens (including phenoxy) is 2. The molecule has 0 radical (unpaired) electrons. The Morgan fingerprint density at radius 3 is 2.54 bits per heavy atom. The van der Waals surface area contributed by atoms with Crippen molar-refractivity contribution in [2.24, 2.45) is 0 Å². The lowest BCUT2D eigenvalue weighted by Gasteiger charge is -2.25. The molecule has 1 rings (SSSR count). The van der Waals surface area contributed by atoms with Crippen molar-refractivity contribution in [2.45, 2.75) is 0 Å². The number of halogens is 2. The number of carbonyl (C=O) groups is 1. The Labute approximate surface area is 86.0 Å². The fraction of sp³-hybridized carbons (Fsp3) is 0.571. The van der Waals surface area contributed by atoms with Crippen LogP contribution in [0.15, 0.2) is 10.8 Å². The molecular weight excluding hydrogens is 217 g/mol. The number of carbonyl (C=O) groups excluding carboxylic acids is 1. The Morgan fingerprint density at radius 1 is 1.38 bits per heavy atom. The second-order valence-electron chi connectivity index (χ2n) is 2.39. The minimum Gasteiger partial charge on any atom is -0.416 e. The molecule has 0 aromatic rings. The average Bonchev–Trinajstić information content (AvgIpc) is 2.15. The molecule has 1 fully saturated rings. The van der Waals surface area contributed by atoms with Crippen LogP contribution in [0.5, 0.6) is 0 Å². The van der Waals surface area contributed by atoms with E-state index in [2.05, 4.69) is 4.74 Å². The van der Waals surface area contributed by atoms with Crippen molar-refractivity contribution in [3.05, 3.63) is 10.8 Å². The van der Waals surface area contributed by atoms with Crippen molar-refractivity contribution in [3.63, 3.8) is 0 Å². The Kier molecular flexibility index (Phi) is 4.35. The molecule has 0 aromatic heterocycles. The molecule has 0 bridgehead atoms. The second kappa shape index (κ2) is 5.32. The predicted octanol–water partition coefficient (Wildman–Crippen LogP) is 1.73. The Morgan fingerprint density at radius 2 is 2.00 bits per heavy atom. The van der Waals surface area contributed by atoms with Crippen molar-refractivity contribution in [2.75, 3.05) is 26.3 Å². The van der Waals surface area contributed by atoms with E-state index in [0.29, 0.717) is 26.3 Å². The zero-order valence-electron chi connectivity index (χ0n) is 6.83. The third-order valence-electron chi connectivity index (χ3n) is 1.52. The van der Waals surface area contributed by atoms with E-state index in [9.17, 15) is 4.79 Å². The summed E-state index contributed by atoms with van der Waals surface area (Å²) in [7, 11) is 0. The molecule has 0 spiro atoms. The van der Waals surface area contributed by atoms with E-state index in [1.165, 1.54) is 4.90 Å². The van der Waals surface area contributed by atoms with Crippen molar-refractivity contribution < 1.29 is 14.3 Å². The molecule has 0 unspecified atom stereocenters. The van der Waals surface area contributed by atoms with Crippen LogP contribution in [0.25, 0.3) is 0 Å². The van der Waals surface area contributed by atoms with Crippen LogP contribution in [-0.2, 0) is 9.47 Å². The van der Waals surface area contributed by atoms with Crippen molar-refractivity contribution in [1.29, 1.82) is 0 Å². The van der Waals surface area contributed by atoms with Gasteiger partial charge in [0.15, 0.2) is 0 Å². The number of hydrogen-bond donors (Lipinski definition) is 0. The van der Waals surface area contributed by atoms with Gasteiger partial charge in [0.2, 0.25) is 0 Å². The van der Waals surface area contributed by atoms with Gasteiger partial charge in [0.1, 0.15) is 10.8 Å². The largest absolute Gasteiger partial charge is 0.416 e. The van der Waals surface area contributed by atoms with Gasteiger partial charge in [-0.15, -0.1) is 0 Å². The summed E-state index contributed by atoms with van der Waals surface area (Å²) >= 11 is 10.5. The topological polar surface area (TPSA) is 38.8 Å². The van der Waals surface area contributed by atoms with E-state index in [1.807, 2.05) is 0 Å². The lowest BCUT2D eigenvalue weighted by Crippen LogP contribution is -2.40. The molecule has 6 heteroatoms. The summed E-state index contributed by atoms with van der Waals surface area (Å²) in [5.74, 6) is 0. The van der Waals surface area contributed by atoms with Gasteiger partial charge in [0.25, 0.3) is 0 Å². The summed E-state index contributed by atoms with van der Waals surface area (Å²) < 4.78 is 9.63. The fourth-order valence-electron chi connectivity index (χ4n) is 0.915. The van der Waals surface area contributed by atoms with E-state index in [-0.39, 0.29) is 4.49 Å². The van der Waals surface area contributed by atoms with Gasteiger partial charge in [-0.05, 0) is 0 Å². The highest BCUT2D eigenvalue weighted by Crippen LogP contribution is 2.07. The molecule has 1 saturated heterocycles. The maximum Gasteiger partial charge on any atom is 0.414 e. The third kappa shape index (κ3) is 3.85. The van der Waals surface area contributed by atoms with Crippen LogP contribution in [0.3, 0.4) is 0 Å². The highest BCUT2D eigenvalue weighted by molar-refractivity contribution is 6.55. The molecular formula is C7H9Cl2NO3. The van der Waals surface area contributed by atoms with Crippen molar-refractivity contribution in [3.8, 4) is 0 Å². The molecule has 0 aliphatic carbocycles. The summed E-state index contributed by atoms with van der Waals surface area (Å²) in [5.41, 5.74) is 0. The third-order valence-corrected chi connectivity index (χ3v) is 1.70.